The predicted molar refractivity (Wildman–Crippen MR) is 110 cm³/mol. The van der Waals surface area contributed by atoms with Crippen molar-refractivity contribution >= 4 is 33.0 Å². The molecule has 0 spiro atoms. The summed E-state index contributed by atoms with van der Waals surface area (Å²) < 4.78 is 23.8. The van der Waals surface area contributed by atoms with Gasteiger partial charge in [0.15, 0.2) is 9.84 Å². The molecule has 0 bridgehead atoms. The molecule has 3 rings (SSSR count). The second-order valence-corrected chi connectivity index (χ2v) is 10.1. The van der Waals surface area contributed by atoms with E-state index in [-0.39, 0.29) is 17.1 Å². The van der Waals surface area contributed by atoms with E-state index in [1.165, 1.54) is 10.3 Å². The monoisotopic (exact) mass is 403 g/mol. The molecule has 4 nitrogen and oxygen atoms in total. The van der Waals surface area contributed by atoms with Gasteiger partial charge in [-0.3, -0.25) is 4.79 Å². The fourth-order valence-corrected chi connectivity index (χ4v) is 4.43. The molecule has 1 heterocycles. The van der Waals surface area contributed by atoms with E-state index in [0.717, 1.165) is 5.56 Å². The van der Waals surface area contributed by atoms with E-state index in [0.29, 0.717) is 16.3 Å². The van der Waals surface area contributed by atoms with Crippen LogP contribution in [0.1, 0.15) is 36.7 Å². The Morgan fingerprint density at radius 2 is 1.63 bits per heavy atom. The maximum Gasteiger partial charge on any atom is 0.258 e. The summed E-state index contributed by atoms with van der Waals surface area (Å²) in [5, 5.41) is 1.73. The Bertz CT molecular complexity index is 972. The Hall–Kier alpha value is -2.11. The highest BCUT2D eigenvalue weighted by molar-refractivity contribution is 7.94. The lowest BCUT2D eigenvalue weighted by Gasteiger charge is -2.28. The van der Waals surface area contributed by atoms with Crippen molar-refractivity contribution in [2.24, 2.45) is 0 Å². The fourth-order valence-electron chi connectivity index (χ4n) is 3.03. The quantitative estimate of drug-likeness (QED) is 0.752. The molecule has 2 aromatic rings. The summed E-state index contributed by atoms with van der Waals surface area (Å²) in [6.07, 6.45) is 1.56. The highest BCUT2D eigenvalue weighted by Gasteiger charge is 2.32. The third kappa shape index (κ3) is 4.42. The van der Waals surface area contributed by atoms with Gasteiger partial charge in [-0.05, 0) is 53.5 Å². The van der Waals surface area contributed by atoms with Crippen molar-refractivity contribution in [3.05, 3.63) is 76.2 Å². The lowest BCUT2D eigenvalue weighted by atomic mass is 9.86. The van der Waals surface area contributed by atoms with E-state index in [2.05, 4.69) is 20.8 Å². The van der Waals surface area contributed by atoms with Gasteiger partial charge in [0.05, 0.1) is 11.8 Å². The average molecular weight is 404 g/mol. The number of anilines is 1. The summed E-state index contributed by atoms with van der Waals surface area (Å²) in [4.78, 5) is 14.8. The average Bonchev–Trinajstić information content (AvgIpc) is 2.95. The molecule has 27 heavy (non-hydrogen) atoms. The van der Waals surface area contributed by atoms with Gasteiger partial charge >= 0.3 is 0 Å². The zero-order valence-electron chi connectivity index (χ0n) is 15.5. The Morgan fingerprint density at radius 1 is 1.04 bits per heavy atom. The van der Waals surface area contributed by atoms with Crippen LogP contribution in [-0.4, -0.2) is 26.1 Å². The molecule has 0 saturated carbocycles. The highest BCUT2D eigenvalue weighted by Crippen LogP contribution is 2.27. The molecule has 0 radical (unpaired) electrons. The van der Waals surface area contributed by atoms with Crippen molar-refractivity contribution in [1.29, 1.82) is 0 Å². The van der Waals surface area contributed by atoms with Crippen LogP contribution in [0.2, 0.25) is 5.02 Å². The molecule has 0 aliphatic carbocycles. The van der Waals surface area contributed by atoms with Crippen LogP contribution >= 0.6 is 11.6 Å². The van der Waals surface area contributed by atoms with Gasteiger partial charge in [-0.25, -0.2) is 8.42 Å². The van der Waals surface area contributed by atoms with E-state index >= 15 is 0 Å². The minimum atomic E-state index is -3.30. The largest absolute Gasteiger partial charge is 0.300 e. The summed E-state index contributed by atoms with van der Waals surface area (Å²) in [5.41, 5.74) is 2.23. The van der Waals surface area contributed by atoms with Crippen molar-refractivity contribution < 1.29 is 13.2 Å². The summed E-state index contributed by atoms with van der Waals surface area (Å²) in [6.45, 7) is 6.33. The molecule has 1 unspecified atom stereocenters. The maximum atomic E-state index is 13.3. The van der Waals surface area contributed by atoms with Gasteiger partial charge in [0, 0.05) is 21.7 Å². The minimum Gasteiger partial charge on any atom is -0.300 e. The Balaban J connectivity index is 1.98. The Labute approximate surface area is 165 Å². The van der Waals surface area contributed by atoms with E-state index in [9.17, 15) is 13.2 Å². The highest BCUT2D eigenvalue weighted by atomic mass is 35.5. The Kier molecular flexibility index (Phi) is 5.19. The summed E-state index contributed by atoms with van der Waals surface area (Å²) in [7, 11) is -3.30. The number of halogens is 1. The van der Waals surface area contributed by atoms with Crippen molar-refractivity contribution in [2.75, 3.05) is 10.7 Å². The molecule has 2 aromatic carbocycles. The standard InChI is InChI=1S/C21H22ClNO3S/c1-21(2,3)16-6-4-15(5-7-16)20(24)23(18-10-8-17(22)9-11-18)19-12-13-27(25,26)14-19/h4-13,19H,14H2,1-3H3. The molecular weight excluding hydrogens is 382 g/mol. The molecule has 0 N–H and O–H groups in total. The van der Waals surface area contributed by atoms with Gasteiger partial charge in [0.2, 0.25) is 0 Å². The molecule has 0 aromatic heterocycles. The second kappa shape index (κ2) is 7.13. The molecule has 6 heteroatoms. The van der Waals surface area contributed by atoms with Crippen molar-refractivity contribution in [1.82, 2.24) is 0 Å². The zero-order chi connectivity index (χ0) is 19.8. The van der Waals surface area contributed by atoms with E-state index in [1.54, 1.807) is 42.5 Å². The molecule has 1 atom stereocenters. The number of hydrogen-bond acceptors (Lipinski definition) is 3. The number of amides is 1. The van der Waals surface area contributed by atoms with E-state index < -0.39 is 15.9 Å². The van der Waals surface area contributed by atoms with Crippen molar-refractivity contribution in [3.63, 3.8) is 0 Å². The van der Waals surface area contributed by atoms with Gasteiger partial charge < -0.3 is 4.90 Å². The van der Waals surface area contributed by atoms with Crippen LogP contribution in [0.15, 0.2) is 60.0 Å². The zero-order valence-corrected chi connectivity index (χ0v) is 17.1. The van der Waals surface area contributed by atoms with Crippen LogP contribution in [0.25, 0.3) is 0 Å². The first-order valence-corrected chi connectivity index (χ1v) is 10.8. The Morgan fingerprint density at radius 3 is 2.11 bits per heavy atom. The first-order chi connectivity index (χ1) is 12.6. The van der Waals surface area contributed by atoms with E-state index in [4.69, 9.17) is 11.6 Å². The third-order valence-corrected chi connectivity index (χ3v) is 6.19. The summed E-state index contributed by atoms with van der Waals surface area (Å²) >= 11 is 5.96. The van der Waals surface area contributed by atoms with Crippen molar-refractivity contribution in [3.8, 4) is 0 Å². The van der Waals surface area contributed by atoms with Crippen LogP contribution in [0, 0.1) is 0 Å². The normalized spacial score (nSPS) is 18.4. The number of rotatable bonds is 3. The van der Waals surface area contributed by atoms with Crippen molar-refractivity contribution in [2.45, 2.75) is 32.2 Å². The molecule has 0 fully saturated rings. The maximum absolute atomic E-state index is 13.3. The van der Waals surface area contributed by atoms with Gasteiger partial charge in [-0.15, -0.1) is 0 Å². The number of carbonyl (C=O) groups excluding carboxylic acids is 1. The number of hydrogen-bond donors (Lipinski definition) is 0. The smallest absolute Gasteiger partial charge is 0.258 e. The molecule has 0 saturated heterocycles. The second-order valence-electron chi connectivity index (χ2n) is 7.70. The SMILES string of the molecule is CC(C)(C)c1ccc(C(=O)N(c2ccc(Cl)cc2)C2C=CS(=O)(=O)C2)cc1. The van der Waals surface area contributed by atoms with Gasteiger partial charge in [-0.2, -0.15) is 0 Å². The third-order valence-electron chi connectivity index (χ3n) is 4.56. The fraction of sp³-hybridized carbons (Fsp3) is 0.286. The molecule has 1 amide bonds. The van der Waals surface area contributed by atoms with Crippen LogP contribution in [0.4, 0.5) is 5.69 Å². The lowest BCUT2D eigenvalue weighted by Crippen LogP contribution is -2.41. The number of benzene rings is 2. The molecule has 1 aliphatic rings. The van der Waals surface area contributed by atoms with E-state index in [1.807, 2.05) is 12.1 Å². The van der Waals surface area contributed by atoms with Gasteiger partial charge in [0.25, 0.3) is 5.91 Å². The molecule has 142 valence electrons. The minimum absolute atomic E-state index is 0.0142. The summed E-state index contributed by atoms with van der Waals surface area (Å²) in [6, 6.07) is 13.7. The van der Waals surface area contributed by atoms with Crippen LogP contribution < -0.4 is 4.90 Å². The lowest BCUT2D eigenvalue weighted by molar-refractivity contribution is 0.0983. The topological polar surface area (TPSA) is 54.5 Å². The van der Waals surface area contributed by atoms with Crippen LogP contribution in [-0.2, 0) is 15.3 Å². The first-order valence-electron chi connectivity index (χ1n) is 8.67. The first kappa shape index (κ1) is 19.6. The van der Waals surface area contributed by atoms with Crippen LogP contribution in [0.3, 0.4) is 0 Å². The number of nitrogens with zero attached hydrogens (tertiary/aromatic N) is 1. The molecule has 1 aliphatic heterocycles. The van der Waals surface area contributed by atoms with Gasteiger partial charge in [-0.1, -0.05) is 44.5 Å². The number of sulfone groups is 1. The predicted octanol–water partition coefficient (Wildman–Crippen LogP) is 4.60. The molecular formula is C21H22ClNO3S. The van der Waals surface area contributed by atoms with Gasteiger partial charge in [0.1, 0.15) is 0 Å². The van der Waals surface area contributed by atoms with Crippen LogP contribution in [0.5, 0.6) is 0 Å². The summed E-state index contributed by atoms with van der Waals surface area (Å²) in [5.74, 6) is -0.369. The number of carbonyl (C=O) groups is 1.